The van der Waals surface area contributed by atoms with Crippen LogP contribution in [0.15, 0.2) is 0 Å². The number of amides is 1. The van der Waals surface area contributed by atoms with Crippen LogP contribution in [-0.4, -0.2) is 43.1 Å². The summed E-state index contributed by atoms with van der Waals surface area (Å²) in [6, 6.07) is 0. The van der Waals surface area contributed by atoms with Gasteiger partial charge in [0.1, 0.15) is 0 Å². The van der Waals surface area contributed by atoms with E-state index in [9.17, 15) is 18.0 Å². The van der Waals surface area contributed by atoms with E-state index in [4.69, 9.17) is 9.84 Å². The van der Waals surface area contributed by atoms with Gasteiger partial charge in [-0.25, -0.2) is 0 Å². The van der Waals surface area contributed by atoms with Gasteiger partial charge in [0, 0.05) is 19.1 Å². The minimum Gasteiger partial charge on any atom is -0.382 e. The van der Waals surface area contributed by atoms with Crippen molar-refractivity contribution in [1.29, 1.82) is 0 Å². The molecule has 0 saturated carbocycles. The SMILES string of the molecule is CC1COCCC1C(=O)NCC(O)C(F)(F)F. The minimum atomic E-state index is -4.70. The van der Waals surface area contributed by atoms with Gasteiger partial charge in [-0.3, -0.25) is 4.79 Å². The summed E-state index contributed by atoms with van der Waals surface area (Å²) in [7, 11) is 0. The van der Waals surface area contributed by atoms with Crippen LogP contribution in [0.4, 0.5) is 13.2 Å². The quantitative estimate of drug-likeness (QED) is 0.780. The fourth-order valence-corrected chi connectivity index (χ4v) is 1.71. The number of halogens is 3. The van der Waals surface area contributed by atoms with E-state index in [2.05, 4.69) is 5.32 Å². The molecular weight excluding hydrogens is 239 g/mol. The van der Waals surface area contributed by atoms with E-state index in [-0.39, 0.29) is 11.8 Å². The second kappa shape index (κ2) is 5.68. The van der Waals surface area contributed by atoms with Gasteiger partial charge in [0.2, 0.25) is 5.91 Å². The summed E-state index contributed by atoms with van der Waals surface area (Å²) in [5.41, 5.74) is 0. The molecule has 1 heterocycles. The molecule has 0 aromatic carbocycles. The second-order valence-corrected chi connectivity index (χ2v) is 4.25. The Balaban J connectivity index is 2.39. The van der Waals surface area contributed by atoms with Crippen molar-refractivity contribution >= 4 is 5.91 Å². The molecule has 1 rings (SSSR count). The van der Waals surface area contributed by atoms with Gasteiger partial charge < -0.3 is 15.2 Å². The van der Waals surface area contributed by atoms with Crippen LogP contribution in [-0.2, 0) is 9.53 Å². The van der Waals surface area contributed by atoms with Crippen LogP contribution in [0, 0.1) is 11.8 Å². The Morgan fingerprint density at radius 2 is 2.24 bits per heavy atom. The summed E-state index contributed by atoms with van der Waals surface area (Å²) >= 11 is 0. The number of nitrogens with one attached hydrogen (secondary N) is 1. The van der Waals surface area contributed by atoms with Crippen LogP contribution in [0.1, 0.15) is 13.3 Å². The summed E-state index contributed by atoms with van der Waals surface area (Å²) in [5, 5.41) is 10.9. The number of aliphatic hydroxyl groups excluding tert-OH is 1. The summed E-state index contributed by atoms with van der Waals surface area (Å²) in [5.74, 6) is -0.819. The van der Waals surface area contributed by atoms with Gasteiger partial charge in [-0.05, 0) is 12.3 Å². The van der Waals surface area contributed by atoms with E-state index in [1.807, 2.05) is 6.92 Å². The topological polar surface area (TPSA) is 58.6 Å². The molecule has 3 unspecified atom stereocenters. The zero-order valence-corrected chi connectivity index (χ0v) is 9.46. The van der Waals surface area contributed by atoms with Gasteiger partial charge in [0.25, 0.3) is 0 Å². The molecular formula is C10H16F3NO3. The maximum atomic E-state index is 12.0. The highest BCUT2D eigenvalue weighted by Gasteiger charge is 2.39. The summed E-state index contributed by atoms with van der Waals surface area (Å²) in [6.45, 7) is 1.88. The van der Waals surface area contributed by atoms with Gasteiger partial charge in [-0.2, -0.15) is 13.2 Å². The number of carbonyl (C=O) groups excluding carboxylic acids is 1. The average molecular weight is 255 g/mol. The first-order valence-corrected chi connectivity index (χ1v) is 5.42. The highest BCUT2D eigenvalue weighted by atomic mass is 19.4. The van der Waals surface area contributed by atoms with Crippen LogP contribution < -0.4 is 5.32 Å². The van der Waals surface area contributed by atoms with Crippen molar-refractivity contribution in [3.63, 3.8) is 0 Å². The van der Waals surface area contributed by atoms with Crippen molar-refractivity contribution in [2.45, 2.75) is 25.6 Å². The lowest BCUT2D eigenvalue weighted by Gasteiger charge is -2.28. The zero-order valence-electron chi connectivity index (χ0n) is 9.46. The lowest BCUT2D eigenvalue weighted by atomic mass is 9.89. The number of aliphatic hydroxyl groups is 1. The fraction of sp³-hybridized carbons (Fsp3) is 0.900. The Morgan fingerprint density at radius 1 is 1.59 bits per heavy atom. The lowest BCUT2D eigenvalue weighted by Crippen LogP contribution is -2.45. The van der Waals surface area contributed by atoms with Crippen LogP contribution in [0.2, 0.25) is 0 Å². The number of carbonyl (C=O) groups is 1. The first-order valence-electron chi connectivity index (χ1n) is 5.42. The predicted molar refractivity (Wildman–Crippen MR) is 53.2 cm³/mol. The zero-order chi connectivity index (χ0) is 13.1. The smallest absolute Gasteiger partial charge is 0.382 e. The third-order valence-corrected chi connectivity index (χ3v) is 2.83. The number of ether oxygens (including phenoxy) is 1. The first-order chi connectivity index (χ1) is 7.82. The van der Waals surface area contributed by atoms with Crippen LogP contribution in [0.3, 0.4) is 0 Å². The summed E-state index contributed by atoms with van der Waals surface area (Å²) in [4.78, 5) is 11.6. The molecule has 7 heteroatoms. The number of hydrogen-bond acceptors (Lipinski definition) is 3. The van der Waals surface area contributed by atoms with Crippen LogP contribution in [0.25, 0.3) is 0 Å². The van der Waals surface area contributed by atoms with E-state index in [1.54, 1.807) is 0 Å². The van der Waals surface area contributed by atoms with Gasteiger partial charge in [-0.1, -0.05) is 6.92 Å². The highest BCUT2D eigenvalue weighted by Crippen LogP contribution is 2.22. The van der Waals surface area contributed by atoms with Crippen molar-refractivity contribution in [3.8, 4) is 0 Å². The van der Waals surface area contributed by atoms with E-state index in [0.29, 0.717) is 19.6 Å². The monoisotopic (exact) mass is 255 g/mol. The maximum Gasteiger partial charge on any atom is 0.416 e. The van der Waals surface area contributed by atoms with E-state index >= 15 is 0 Å². The molecule has 1 saturated heterocycles. The van der Waals surface area contributed by atoms with E-state index < -0.39 is 24.7 Å². The third kappa shape index (κ3) is 4.16. The van der Waals surface area contributed by atoms with Gasteiger partial charge in [0.05, 0.1) is 6.54 Å². The van der Waals surface area contributed by atoms with Crippen molar-refractivity contribution in [1.82, 2.24) is 5.32 Å². The highest BCUT2D eigenvalue weighted by molar-refractivity contribution is 5.79. The van der Waals surface area contributed by atoms with Crippen molar-refractivity contribution in [2.24, 2.45) is 11.8 Å². The minimum absolute atomic E-state index is 0.0215. The van der Waals surface area contributed by atoms with Gasteiger partial charge in [-0.15, -0.1) is 0 Å². The average Bonchev–Trinajstić information content (AvgIpc) is 2.24. The Hall–Kier alpha value is -0.820. The molecule has 4 nitrogen and oxygen atoms in total. The molecule has 17 heavy (non-hydrogen) atoms. The largest absolute Gasteiger partial charge is 0.416 e. The predicted octanol–water partition coefficient (Wildman–Crippen LogP) is 0.698. The van der Waals surface area contributed by atoms with Crippen LogP contribution in [0.5, 0.6) is 0 Å². The molecule has 0 aliphatic carbocycles. The third-order valence-electron chi connectivity index (χ3n) is 2.83. The van der Waals surface area contributed by atoms with Crippen molar-refractivity contribution < 1.29 is 27.8 Å². The number of hydrogen-bond donors (Lipinski definition) is 2. The van der Waals surface area contributed by atoms with E-state index in [0.717, 1.165) is 0 Å². The van der Waals surface area contributed by atoms with Gasteiger partial charge >= 0.3 is 6.18 Å². The molecule has 0 bridgehead atoms. The number of rotatable bonds is 3. The summed E-state index contributed by atoms with van der Waals surface area (Å²) in [6.07, 6.45) is -6.72. The van der Waals surface area contributed by atoms with Crippen molar-refractivity contribution in [3.05, 3.63) is 0 Å². The maximum absolute atomic E-state index is 12.0. The second-order valence-electron chi connectivity index (χ2n) is 4.25. The molecule has 2 N–H and O–H groups in total. The molecule has 0 radical (unpaired) electrons. The molecule has 0 aromatic heterocycles. The molecule has 0 aromatic rings. The molecule has 100 valence electrons. The summed E-state index contributed by atoms with van der Waals surface area (Å²) < 4.78 is 41.1. The normalized spacial score (nSPS) is 27.6. The Bertz CT molecular complexity index is 270. The first kappa shape index (κ1) is 14.2. The van der Waals surface area contributed by atoms with Crippen molar-refractivity contribution in [2.75, 3.05) is 19.8 Å². The Morgan fingerprint density at radius 3 is 2.76 bits per heavy atom. The van der Waals surface area contributed by atoms with Gasteiger partial charge in [0.15, 0.2) is 6.10 Å². The lowest BCUT2D eigenvalue weighted by molar-refractivity contribution is -0.202. The standard InChI is InChI=1S/C10H16F3NO3/c1-6-5-17-3-2-7(6)9(16)14-4-8(15)10(11,12)13/h6-8,15H,2-5H2,1H3,(H,14,16). The fourth-order valence-electron chi connectivity index (χ4n) is 1.71. The Kier molecular flexibility index (Phi) is 4.76. The van der Waals surface area contributed by atoms with E-state index in [1.165, 1.54) is 0 Å². The molecule has 1 aliphatic rings. The molecule has 0 spiro atoms. The number of alkyl halides is 3. The van der Waals surface area contributed by atoms with Crippen LogP contribution >= 0.6 is 0 Å². The molecule has 1 aliphatic heterocycles. The Labute approximate surface area is 97.1 Å². The molecule has 3 atom stereocenters. The molecule has 1 amide bonds. The molecule has 1 fully saturated rings.